The van der Waals surface area contributed by atoms with Gasteiger partial charge in [0.05, 0.1) is 6.54 Å². The van der Waals surface area contributed by atoms with E-state index < -0.39 is 0 Å². The van der Waals surface area contributed by atoms with Crippen LogP contribution in [0.5, 0.6) is 0 Å². The van der Waals surface area contributed by atoms with Crippen molar-refractivity contribution in [3.05, 3.63) is 0 Å². The molecule has 0 atom stereocenters. The van der Waals surface area contributed by atoms with Crippen LogP contribution in [-0.2, 0) is 9.59 Å². The first kappa shape index (κ1) is 9.98. The maximum atomic E-state index is 11.4. The molecule has 1 aliphatic heterocycles. The van der Waals surface area contributed by atoms with Crippen LogP contribution in [0.2, 0.25) is 0 Å². The molecule has 0 aromatic heterocycles. The van der Waals surface area contributed by atoms with Gasteiger partial charge in [0.25, 0.3) is 0 Å². The molecular weight excluding hydrogens is 170 g/mol. The topological polar surface area (TPSA) is 61.4 Å². The van der Waals surface area contributed by atoms with Crippen molar-refractivity contribution in [2.75, 3.05) is 32.7 Å². The van der Waals surface area contributed by atoms with E-state index >= 15 is 0 Å². The molecule has 0 unspecified atom stereocenters. The van der Waals surface area contributed by atoms with Crippen LogP contribution in [0.1, 0.15) is 8.35 Å². The average Bonchev–Trinajstić information content (AvgIpc) is 2.15. The summed E-state index contributed by atoms with van der Waals surface area (Å²) in [5.41, 5.74) is 0. The largest absolute Gasteiger partial charge is 0.347 e. The summed E-state index contributed by atoms with van der Waals surface area (Å²) in [6, 6.07) is 0. The van der Waals surface area contributed by atoms with Crippen molar-refractivity contribution in [1.29, 1.82) is 0 Å². The molecular formula is C8H17N3O2. The zero-order valence-corrected chi connectivity index (χ0v) is 7.80. The SMILES string of the molecule is CC(=O)NCC(=O)N1CCNCC1.[HH]. The van der Waals surface area contributed by atoms with E-state index in [1.54, 1.807) is 4.90 Å². The molecule has 1 saturated heterocycles. The molecule has 1 rings (SSSR count). The highest BCUT2D eigenvalue weighted by Gasteiger charge is 2.15. The molecule has 0 bridgehead atoms. The molecule has 0 spiro atoms. The summed E-state index contributed by atoms with van der Waals surface area (Å²) in [5, 5.41) is 5.65. The second-order valence-corrected chi connectivity index (χ2v) is 3.04. The minimum absolute atomic E-state index is 0. The van der Waals surface area contributed by atoms with Crippen molar-refractivity contribution in [3.63, 3.8) is 0 Å². The second kappa shape index (κ2) is 4.81. The van der Waals surface area contributed by atoms with Crippen LogP contribution in [0.3, 0.4) is 0 Å². The summed E-state index contributed by atoms with van der Waals surface area (Å²) in [6.07, 6.45) is 0. The maximum Gasteiger partial charge on any atom is 0.242 e. The van der Waals surface area contributed by atoms with E-state index in [0.717, 1.165) is 26.2 Å². The lowest BCUT2D eigenvalue weighted by Crippen LogP contribution is -2.49. The van der Waals surface area contributed by atoms with Crippen molar-refractivity contribution in [2.24, 2.45) is 0 Å². The van der Waals surface area contributed by atoms with Crippen LogP contribution in [0, 0.1) is 0 Å². The number of nitrogens with one attached hydrogen (secondary N) is 2. The Kier molecular flexibility index (Phi) is 3.70. The summed E-state index contributed by atoms with van der Waals surface area (Å²) in [7, 11) is 0. The summed E-state index contributed by atoms with van der Waals surface area (Å²) in [5.74, 6) is -0.166. The van der Waals surface area contributed by atoms with E-state index in [2.05, 4.69) is 10.6 Å². The number of nitrogens with zero attached hydrogens (tertiary/aromatic N) is 1. The first-order valence-electron chi connectivity index (χ1n) is 4.43. The molecule has 1 heterocycles. The van der Waals surface area contributed by atoms with Gasteiger partial charge in [-0.15, -0.1) is 0 Å². The number of hydrogen-bond donors (Lipinski definition) is 2. The van der Waals surface area contributed by atoms with E-state index in [-0.39, 0.29) is 19.8 Å². The predicted octanol–water partition coefficient (Wildman–Crippen LogP) is -1.20. The lowest BCUT2D eigenvalue weighted by Gasteiger charge is -2.27. The van der Waals surface area contributed by atoms with Crippen LogP contribution in [-0.4, -0.2) is 49.4 Å². The Hall–Kier alpha value is -1.10. The quantitative estimate of drug-likeness (QED) is 0.571. The van der Waals surface area contributed by atoms with Gasteiger partial charge >= 0.3 is 0 Å². The molecule has 13 heavy (non-hydrogen) atoms. The average molecular weight is 187 g/mol. The number of amides is 2. The minimum atomic E-state index is -0.163. The Balaban J connectivity index is 0.00000169. The monoisotopic (exact) mass is 187 g/mol. The summed E-state index contributed by atoms with van der Waals surface area (Å²) in [4.78, 5) is 23.7. The number of rotatable bonds is 2. The third kappa shape index (κ3) is 3.42. The molecule has 5 nitrogen and oxygen atoms in total. The van der Waals surface area contributed by atoms with Gasteiger partial charge in [0.15, 0.2) is 0 Å². The third-order valence-electron chi connectivity index (χ3n) is 1.96. The van der Waals surface area contributed by atoms with Crippen LogP contribution in [0.15, 0.2) is 0 Å². The van der Waals surface area contributed by atoms with E-state index in [1.807, 2.05) is 0 Å². The van der Waals surface area contributed by atoms with Crippen molar-refractivity contribution in [1.82, 2.24) is 15.5 Å². The van der Waals surface area contributed by atoms with Gasteiger partial charge in [-0.25, -0.2) is 0 Å². The Morgan fingerprint density at radius 3 is 2.62 bits per heavy atom. The molecule has 0 aromatic rings. The lowest BCUT2D eigenvalue weighted by molar-refractivity contribution is -0.132. The van der Waals surface area contributed by atoms with Crippen LogP contribution in [0.25, 0.3) is 0 Å². The van der Waals surface area contributed by atoms with E-state index in [4.69, 9.17) is 0 Å². The van der Waals surface area contributed by atoms with E-state index in [0.29, 0.717) is 0 Å². The molecule has 2 N–H and O–H groups in total. The Labute approximate surface area is 79.0 Å². The number of hydrogen-bond acceptors (Lipinski definition) is 3. The number of carbonyl (C=O) groups is 2. The third-order valence-corrected chi connectivity index (χ3v) is 1.96. The molecule has 5 heteroatoms. The van der Waals surface area contributed by atoms with Crippen LogP contribution in [0.4, 0.5) is 0 Å². The second-order valence-electron chi connectivity index (χ2n) is 3.04. The van der Waals surface area contributed by atoms with Gasteiger partial charge in [0, 0.05) is 34.5 Å². The minimum Gasteiger partial charge on any atom is -0.347 e. The number of carbonyl (C=O) groups excluding carboxylic acids is 2. The first-order chi connectivity index (χ1) is 6.20. The fourth-order valence-corrected chi connectivity index (χ4v) is 1.23. The summed E-state index contributed by atoms with van der Waals surface area (Å²) >= 11 is 0. The highest BCUT2D eigenvalue weighted by atomic mass is 16.2. The van der Waals surface area contributed by atoms with Crippen molar-refractivity contribution >= 4 is 11.8 Å². The lowest BCUT2D eigenvalue weighted by atomic mass is 10.3. The summed E-state index contributed by atoms with van der Waals surface area (Å²) < 4.78 is 0. The van der Waals surface area contributed by atoms with Gasteiger partial charge in [-0.05, 0) is 0 Å². The molecule has 2 amide bonds. The highest BCUT2D eigenvalue weighted by Crippen LogP contribution is 1.91. The van der Waals surface area contributed by atoms with Crippen molar-refractivity contribution in [2.45, 2.75) is 6.92 Å². The molecule has 1 fully saturated rings. The van der Waals surface area contributed by atoms with Crippen molar-refractivity contribution in [3.8, 4) is 0 Å². The molecule has 1 aliphatic rings. The highest BCUT2D eigenvalue weighted by molar-refractivity contribution is 5.83. The number of piperazine rings is 1. The molecule has 76 valence electrons. The summed E-state index contributed by atoms with van der Waals surface area (Å²) in [6.45, 7) is 4.68. The molecule has 0 saturated carbocycles. The molecule has 0 aliphatic carbocycles. The van der Waals surface area contributed by atoms with Gasteiger partial charge in [0.2, 0.25) is 11.8 Å². The molecule has 0 aromatic carbocycles. The Morgan fingerprint density at radius 1 is 1.46 bits per heavy atom. The van der Waals surface area contributed by atoms with Gasteiger partial charge in [0.1, 0.15) is 0 Å². The Morgan fingerprint density at radius 2 is 2.08 bits per heavy atom. The molecule has 0 radical (unpaired) electrons. The van der Waals surface area contributed by atoms with Crippen molar-refractivity contribution < 1.29 is 11.0 Å². The van der Waals surface area contributed by atoms with Gasteiger partial charge in [-0.3, -0.25) is 9.59 Å². The predicted molar refractivity (Wildman–Crippen MR) is 50.2 cm³/mol. The standard InChI is InChI=1S/C8H15N3O2.H2/c1-7(12)10-6-8(13)11-4-2-9-3-5-11;/h9H,2-6H2,1H3,(H,10,12);1H. The van der Waals surface area contributed by atoms with Crippen LogP contribution >= 0.6 is 0 Å². The zero-order valence-electron chi connectivity index (χ0n) is 7.80. The first-order valence-corrected chi connectivity index (χ1v) is 4.43. The van der Waals surface area contributed by atoms with Crippen LogP contribution < -0.4 is 10.6 Å². The van der Waals surface area contributed by atoms with Gasteiger partial charge in [-0.1, -0.05) is 0 Å². The van der Waals surface area contributed by atoms with Gasteiger partial charge in [-0.2, -0.15) is 0 Å². The van der Waals surface area contributed by atoms with Gasteiger partial charge < -0.3 is 15.5 Å². The normalized spacial score (nSPS) is 16.8. The smallest absolute Gasteiger partial charge is 0.242 e. The van der Waals surface area contributed by atoms with E-state index in [1.165, 1.54) is 6.92 Å². The zero-order chi connectivity index (χ0) is 9.68. The maximum absolute atomic E-state index is 11.4. The fourth-order valence-electron chi connectivity index (χ4n) is 1.23. The Bertz CT molecular complexity index is 205. The fraction of sp³-hybridized carbons (Fsp3) is 0.750. The van der Waals surface area contributed by atoms with E-state index in [9.17, 15) is 9.59 Å².